The molecule has 0 bridgehead atoms. The molecule has 3 aromatic rings. The molecule has 0 saturated carbocycles. The van der Waals surface area contributed by atoms with E-state index in [4.69, 9.17) is 0 Å². The molecule has 0 aliphatic heterocycles. The summed E-state index contributed by atoms with van der Waals surface area (Å²) in [6.07, 6.45) is 0. The average molecular weight is 370 g/mol. The molecule has 0 radical (unpaired) electrons. The zero-order valence-corrected chi connectivity index (χ0v) is 15.5. The summed E-state index contributed by atoms with van der Waals surface area (Å²) < 4.78 is 14.8. The Balaban J connectivity index is 1.71. The highest BCUT2D eigenvalue weighted by Gasteiger charge is 2.20. The van der Waals surface area contributed by atoms with Crippen molar-refractivity contribution in [3.63, 3.8) is 0 Å². The van der Waals surface area contributed by atoms with Gasteiger partial charge in [0.25, 0.3) is 0 Å². The third-order valence-corrected chi connectivity index (χ3v) is 5.12. The number of hydrogen-bond donors (Lipinski definition) is 1. The zero-order chi connectivity index (χ0) is 18.7. The van der Waals surface area contributed by atoms with Crippen molar-refractivity contribution in [1.29, 1.82) is 0 Å². The highest BCUT2D eigenvalue weighted by atomic mass is 32.2. The lowest BCUT2D eigenvalue weighted by Crippen LogP contribution is -2.22. The Morgan fingerprint density at radius 2 is 1.85 bits per heavy atom. The van der Waals surface area contributed by atoms with Gasteiger partial charge in [-0.05, 0) is 43.7 Å². The second kappa shape index (κ2) is 7.70. The third-order valence-electron chi connectivity index (χ3n) is 3.98. The van der Waals surface area contributed by atoms with Gasteiger partial charge < -0.3 is 9.88 Å². The van der Waals surface area contributed by atoms with Crippen LogP contribution in [-0.2, 0) is 11.8 Å². The summed E-state index contributed by atoms with van der Waals surface area (Å²) in [4.78, 5) is 12.4. The van der Waals surface area contributed by atoms with Crippen molar-refractivity contribution >= 4 is 23.4 Å². The van der Waals surface area contributed by atoms with E-state index in [1.807, 2.05) is 42.8 Å². The normalized spacial score (nSPS) is 12.0. The van der Waals surface area contributed by atoms with Crippen molar-refractivity contribution in [2.75, 3.05) is 5.32 Å². The molecule has 3 rings (SSSR count). The van der Waals surface area contributed by atoms with E-state index in [1.165, 1.54) is 36.0 Å². The largest absolute Gasteiger partial charge is 0.325 e. The van der Waals surface area contributed by atoms with Crippen molar-refractivity contribution in [2.45, 2.75) is 24.3 Å². The van der Waals surface area contributed by atoms with Gasteiger partial charge in [-0.1, -0.05) is 36.0 Å². The second-order valence-corrected chi connectivity index (χ2v) is 7.24. The number of amides is 1. The van der Waals surface area contributed by atoms with E-state index < -0.39 is 0 Å². The molecule has 0 saturated heterocycles. The van der Waals surface area contributed by atoms with Crippen LogP contribution < -0.4 is 5.32 Å². The van der Waals surface area contributed by atoms with Crippen LogP contribution in [0.2, 0.25) is 0 Å². The minimum atomic E-state index is -0.382. The van der Waals surface area contributed by atoms with Gasteiger partial charge >= 0.3 is 0 Å². The topological polar surface area (TPSA) is 59.8 Å². The van der Waals surface area contributed by atoms with Gasteiger partial charge in [-0.3, -0.25) is 4.79 Å². The number of carbonyl (C=O) groups excluding carboxylic acids is 1. The SMILES string of the molecule is Cc1ccccc1-c1nnc(S[C@H](C)C(=O)Nc2ccc(F)cc2)n1C. The van der Waals surface area contributed by atoms with Crippen LogP contribution in [0, 0.1) is 12.7 Å². The Labute approximate surface area is 155 Å². The fraction of sp³-hybridized carbons (Fsp3) is 0.211. The highest BCUT2D eigenvalue weighted by molar-refractivity contribution is 8.00. The van der Waals surface area contributed by atoms with Gasteiger partial charge in [-0.15, -0.1) is 10.2 Å². The standard InChI is InChI=1S/C19H19FN4OS/c1-12-6-4-5-7-16(12)17-22-23-19(24(17)3)26-13(2)18(25)21-15-10-8-14(20)9-11-15/h4-11,13H,1-3H3,(H,21,25)/t13-/m1/s1. The fourth-order valence-electron chi connectivity index (χ4n) is 2.46. The molecule has 1 amide bonds. The van der Waals surface area contributed by atoms with Crippen LogP contribution in [0.15, 0.2) is 53.7 Å². The highest BCUT2D eigenvalue weighted by Crippen LogP contribution is 2.27. The zero-order valence-electron chi connectivity index (χ0n) is 14.7. The summed E-state index contributed by atoms with van der Waals surface area (Å²) in [6, 6.07) is 13.6. The Morgan fingerprint density at radius 3 is 2.54 bits per heavy atom. The van der Waals surface area contributed by atoms with Gasteiger partial charge in [-0.2, -0.15) is 0 Å². The number of anilines is 1. The van der Waals surface area contributed by atoms with Gasteiger partial charge in [0.1, 0.15) is 5.82 Å². The molecule has 1 N–H and O–H groups in total. The maximum Gasteiger partial charge on any atom is 0.237 e. The van der Waals surface area contributed by atoms with Crippen molar-refractivity contribution in [3.8, 4) is 11.4 Å². The molecule has 1 aromatic heterocycles. The lowest BCUT2D eigenvalue weighted by molar-refractivity contribution is -0.115. The number of carbonyl (C=O) groups is 1. The van der Waals surface area contributed by atoms with Gasteiger partial charge in [-0.25, -0.2) is 4.39 Å². The van der Waals surface area contributed by atoms with Crippen LogP contribution in [0.4, 0.5) is 10.1 Å². The number of rotatable bonds is 5. The monoisotopic (exact) mass is 370 g/mol. The molecule has 0 aliphatic carbocycles. The van der Waals surface area contributed by atoms with Crippen molar-refractivity contribution in [3.05, 3.63) is 59.9 Å². The van der Waals surface area contributed by atoms with Crippen LogP contribution >= 0.6 is 11.8 Å². The van der Waals surface area contributed by atoms with E-state index >= 15 is 0 Å². The van der Waals surface area contributed by atoms with Crippen LogP contribution in [0.1, 0.15) is 12.5 Å². The first kappa shape index (κ1) is 18.1. The number of halogens is 1. The van der Waals surface area contributed by atoms with E-state index in [0.717, 1.165) is 17.0 Å². The maximum atomic E-state index is 13.0. The van der Waals surface area contributed by atoms with Crippen LogP contribution in [0.25, 0.3) is 11.4 Å². The van der Waals surface area contributed by atoms with Crippen molar-refractivity contribution in [2.24, 2.45) is 7.05 Å². The minimum absolute atomic E-state index is 0.179. The first-order valence-corrected chi connectivity index (χ1v) is 9.02. The van der Waals surface area contributed by atoms with Crippen LogP contribution in [0.5, 0.6) is 0 Å². The predicted octanol–water partition coefficient (Wildman–Crippen LogP) is 4.05. The van der Waals surface area contributed by atoms with Gasteiger partial charge in [0, 0.05) is 18.3 Å². The van der Waals surface area contributed by atoms with Crippen molar-refractivity contribution in [1.82, 2.24) is 14.8 Å². The molecular formula is C19H19FN4OS. The lowest BCUT2D eigenvalue weighted by Gasteiger charge is -2.12. The molecular weight excluding hydrogens is 351 g/mol. The molecule has 7 heteroatoms. The number of aromatic nitrogens is 3. The number of thioether (sulfide) groups is 1. The van der Waals surface area contributed by atoms with E-state index in [1.54, 1.807) is 6.92 Å². The molecule has 5 nitrogen and oxygen atoms in total. The molecule has 1 heterocycles. The predicted molar refractivity (Wildman–Crippen MR) is 102 cm³/mol. The third kappa shape index (κ3) is 3.94. The van der Waals surface area contributed by atoms with Gasteiger partial charge in [0.2, 0.25) is 5.91 Å². The lowest BCUT2D eigenvalue weighted by atomic mass is 10.1. The molecule has 0 fully saturated rings. The summed E-state index contributed by atoms with van der Waals surface area (Å²) in [5.41, 5.74) is 2.68. The molecule has 0 spiro atoms. The number of nitrogens with one attached hydrogen (secondary N) is 1. The van der Waals surface area contributed by atoms with Crippen molar-refractivity contribution < 1.29 is 9.18 Å². The number of nitrogens with zero attached hydrogens (tertiary/aromatic N) is 3. The first-order chi connectivity index (χ1) is 12.5. The smallest absolute Gasteiger partial charge is 0.237 e. The van der Waals surface area contributed by atoms with Gasteiger partial charge in [0.05, 0.1) is 5.25 Å². The Hall–Kier alpha value is -2.67. The molecule has 0 unspecified atom stereocenters. The van der Waals surface area contributed by atoms with E-state index in [9.17, 15) is 9.18 Å². The molecule has 134 valence electrons. The van der Waals surface area contributed by atoms with Crippen LogP contribution in [0.3, 0.4) is 0 Å². The van der Waals surface area contributed by atoms with E-state index in [2.05, 4.69) is 15.5 Å². The molecule has 2 aromatic carbocycles. The number of aryl methyl sites for hydroxylation is 1. The second-order valence-electron chi connectivity index (χ2n) is 5.94. The fourth-order valence-corrected chi connectivity index (χ4v) is 3.28. The summed E-state index contributed by atoms with van der Waals surface area (Å²) in [5, 5.41) is 11.5. The minimum Gasteiger partial charge on any atom is -0.325 e. The quantitative estimate of drug-likeness (QED) is 0.689. The first-order valence-electron chi connectivity index (χ1n) is 8.14. The maximum absolute atomic E-state index is 13.0. The van der Waals surface area contributed by atoms with Crippen LogP contribution in [-0.4, -0.2) is 25.9 Å². The summed E-state index contributed by atoms with van der Waals surface area (Å²) >= 11 is 1.33. The Kier molecular flexibility index (Phi) is 5.37. The molecule has 26 heavy (non-hydrogen) atoms. The number of benzene rings is 2. The Morgan fingerprint density at radius 1 is 1.15 bits per heavy atom. The van der Waals surface area contributed by atoms with Gasteiger partial charge in [0.15, 0.2) is 11.0 Å². The van der Waals surface area contributed by atoms with E-state index in [0.29, 0.717) is 10.8 Å². The average Bonchev–Trinajstić information content (AvgIpc) is 2.98. The Bertz CT molecular complexity index is 924. The number of hydrogen-bond acceptors (Lipinski definition) is 4. The molecule has 1 atom stereocenters. The van der Waals surface area contributed by atoms with E-state index in [-0.39, 0.29) is 17.0 Å². The summed E-state index contributed by atoms with van der Waals surface area (Å²) in [7, 11) is 1.88. The summed E-state index contributed by atoms with van der Waals surface area (Å²) in [5.74, 6) is 0.243. The summed E-state index contributed by atoms with van der Waals surface area (Å²) in [6.45, 7) is 3.82. The molecule has 0 aliphatic rings.